The average Bonchev–Trinajstić information content (AvgIpc) is 2.26. The molecule has 1 rings (SSSR count). The Kier molecular flexibility index (Phi) is 4.72. The molecule has 0 amide bonds. The quantitative estimate of drug-likeness (QED) is 0.432. The van der Waals surface area contributed by atoms with Crippen molar-refractivity contribution in [3.8, 4) is 0 Å². The number of nitrogen functional groups attached to an aromatic ring is 1. The third-order valence-electron chi connectivity index (χ3n) is 2.95. The number of nitrogens with one attached hydrogen (secondary N) is 1. The summed E-state index contributed by atoms with van der Waals surface area (Å²) < 4.78 is 0. The molecular weight excluding hydrogens is 246 g/mol. The van der Waals surface area contributed by atoms with Crippen molar-refractivity contribution in [3.05, 3.63) is 28.3 Å². The first-order valence-corrected chi connectivity index (χ1v) is 6.16. The van der Waals surface area contributed by atoms with E-state index in [2.05, 4.69) is 5.32 Å². The lowest BCUT2D eigenvalue weighted by Gasteiger charge is -2.32. The van der Waals surface area contributed by atoms with Crippen LogP contribution in [0.3, 0.4) is 0 Å². The van der Waals surface area contributed by atoms with Gasteiger partial charge < -0.3 is 16.2 Å². The zero-order valence-electron chi connectivity index (χ0n) is 11.5. The number of nitro groups is 1. The van der Waals surface area contributed by atoms with Crippen molar-refractivity contribution in [2.45, 2.75) is 33.2 Å². The molecule has 106 valence electrons. The highest BCUT2D eigenvalue weighted by Crippen LogP contribution is 2.28. The second kappa shape index (κ2) is 5.88. The van der Waals surface area contributed by atoms with Gasteiger partial charge >= 0.3 is 0 Å². The number of aliphatic hydroxyl groups excluding tert-OH is 1. The predicted molar refractivity (Wildman–Crippen MR) is 76.1 cm³/mol. The minimum Gasteiger partial charge on any atom is -0.398 e. The fourth-order valence-electron chi connectivity index (χ4n) is 1.88. The number of hydrogen-bond donors (Lipinski definition) is 3. The SMILES string of the molecule is CC(C)(C)C(CCO)Nc1cc(N)cc([N+](=O)[O-])c1. The summed E-state index contributed by atoms with van der Waals surface area (Å²) in [5, 5.41) is 23.1. The van der Waals surface area contributed by atoms with E-state index in [-0.39, 0.29) is 23.8 Å². The second-order valence-electron chi connectivity index (χ2n) is 5.65. The summed E-state index contributed by atoms with van der Waals surface area (Å²) in [5.41, 5.74) is 6.48. The summed E-state index contributed by atoms with van der Waals surface area (Å²) in [5.74, 6) is 0. The van der Waals surface area contributed by atoms with E-state index in [4.69, 9.17) is 10.8 Å². The van der Waals surface area contributed by atoms with Crippen LogP contribution in [0.25, 0.3) is 0 Å². The molecule has 4 N–H and O–H groups in total. The summed E-state index contributed by atoms with van der Waals surface area (Å²) in [6.07, 6.45) is 0.562. The summed E-state index contributed by atoms with van der Waals surface area (Å²) in [6, 6.07) is 4.43. The van der Waals surface area contributed by atoms with Gasteiger partial charge in [-0.2, -0.15) is 0 Å². The number of aliphatic hydroxyl groups is 1. The summed E-state index contributed by atoms with van der Waals surface area (Å²) in [6.45, 7) is 6.18. The van der Waals surface area contributed by atoms with Crippen LogP contribution in [0.1, 0.15) is 27.2 Å². The first-order chi connectivity index (χ1) is 8.74. The Morgan fingerprint density at radius 2 is 2.05 bits per heavy atom. The molecule has 1 atom stereocenters. The van der Waals surface area contributed by atoms with Crippen LogP contribution in [0.15, 0.2) is 18.2 Å². The van der Waals surface area contributed by atoms with Crippen LogP contribution in [-0.4, -0.2) is 22.7 Å². The van der Waals surface area contributed by atoms with Gasteiger partial charge in [0.25, 0.3) is 5.69 Å². The molecular formula is C13H21N3O3. The van der Waals surface area contributed by atoms with Crippen LogP contribution >= 0.6 is 0 Å². The van der Waals surface area contributed by atoms with E-state index in [1.807, 2.05) is 20.8 Å². The number of anilines is 2. The fraction of sp³-hybridized carbons (Fsp3) is 0.538. The molecule has 0 saturated carbocycles. The number of nitrogens with two attached hydrogens (primary N) is 1. The molecule has 0 bridgehead atoms. The minimum absolute atomic E-state index is 0.00101. The molecule has 1 unspecified atom stereocenters. The molecule has 0 fully saturated rings. The topological polar surface area (TPSA) is 101 Å². The second-order valence-corrected chi connectivity index (χ2v) is 5.65. The van der Waals surface area contributed by atoms with Crippen LogP contribution in [-0.2, 0) is 0 Å². The number of non-ortho nitro benzene ring substituents is 1. The molecule has 6 heteroatoms. The highest BCUT2D eigenvalue weighted by atomic mass is 16.6. The lowest BCUT2D eigenvalue weighted by Crippen LogP contribution is -2.34. The van der Waals surface area contributed by atoms with Gasteiger partial charge in [0.05, 0.1) is 4.92 Å². The molecule has 1 aromatic rings. The van der Waals surface area contributed by atoms with Gasteiger partial charge in [-0.05, 0) is 17.9 Å². The molecule has 0 heterocycles. The molecule has 1 aromatic carbocycles. The average molecular weight is 267 g/mol. The zero-order valence-corrected chi connectivity index (χ0v) is 11.5. The van der Waals surface area contributed by atoms with Gasteiger partial charge in [0, 0.05) is 36.2 Å². The van der Waals surface area contributed by atoms with Gasteiger partial charge in [-0.1, -0.05) is 20.8 Å². The van der Waals surface area contributed by atoms with Crippen molar-refractivity contribution in [1.82, 2.24) is 0 Å². The van der Waals surface area contributed by atoms with Crippen molar-refractivity contribution in [1.29, 1.82) is 0 Å². The molecule has 0 aliphatic rings. The third-order valence-corrected chi connectivity index (χ3v) is 2.95. The van der Waals surface area contributed by atoms with E-state index in [1.54, 1.807) is 6.07 Å². The van der Waals surface area contributed by atoms with E-state index < -0.39 is 4.92 Å². The van der Waals surface area contributed by atoms with Crippen molar-refractivity contribution in [2.75, 3.05) is 17.7 Å². The molecule has 0 saturated heterocycles. The Morgan fingerprint density at radius 3 is 2.53 bits per heavy atom. The Balaban J connectivity index is 2.99. The van der Waals surface area contributed by atoms with Gasteiger partial charge in [0.15, 0.2) is 0 Å². The van der Waals surface area contributed by atoms with Crippen LogP contribution in [0, 0.1) is 15.5 Å². The van der Waals surface area contributed by atoms with E-state index in [1.165, 1.54) is 12.1 Å². The van der Waals surface area contributed by atoms with E-state index in [9.17, 15) is 10.1 Å². The van der Waals surface area contributed by atoms with Crippen molar-refractivity contribution >= 4 is 17.1 Å². The first-order valence-electron chi connectivity index (χ1n) is 6.16. The molecule has 0 spiro atoms. The van der Waals surface area contributed by atoms with E-state index in [0.717, 1.165) is 0 Å². The standard InChI is InChI=1S/C13H21N3O3/c1-13(2,3)12(4-5-17)15-10-6-9(14)7-11(8-10)16(18)19/h6-8,12,15,17H,4-5,14H2,1-3H3. The maximum atomic E-state index is 10.8. The van der Waals surface area contributed by atoms with E-state index >= 15 is 0 Å². The van der Waals surface area contributed by atoms with Gasteiger partial charge in [0.1, 0.15) is 0 Å². The van der Waals surface area contributed by atoms with Gasteiger partial charge in [-0.15, -0.1) is 0 Å². The van der Waals surface area contributed by atoms with Crippen LogP contribution in [0.5, 0.6) is 0 Å². The van der Waals surface area contributed by atoms with Crippen LogP contribution in [0.4, 0.5) is 17.1 Å². The summed E-state index contributed by atoms with van der Waals surface area (Å²) in [4.78, 5) is 10.3. The summed E-state index contributed by atoms with van der Waals surface area (Å²) in [7, 11) is 0. The predicted octanol–water partition coefficient (Wildman–Crippen LogP) is 2.39. The highest BCUT2D eigenvalue weighted by Gasteiger charge is 2.24. The van der Waals surface area contributed by atoms with Crippen molar-refractivity contribution in [2.24, 2.45) is 5.41 Å². The van der Waals surface area contributed by atoms with Crippen molar-refractivity contribution in [3.63, 3.8) is 0 Å². The first kappa shape index (κ1) is 15.2. The lowest BCUT2D eigenvalue weighted by molar-refractivity contribution is -0.384. The lowest BCUT2D eigenvalue weighted by atomic mass is 9.84. The monoisotopic (exact) mass is 267 g/mol. The van der Waals surface area contributed by atoms with Gasteiger partial charge in [0.2, 0.25) is 0 Å². The fourth-order valence-corrected chi connectivity index (χ4v) is 1.88. The van der Waals surface area contributed by atoms with Crippen LogP contribution in [0.2, 0.25) is 0 Å². The molecule has 19 heavy (non-hydrogen) atoms. The molecule has 6 nitrogen and oxygen atoms in total. The smallest absolute Gasteiger partial charge is 0.273 e. The third kappa shape index (κ3) is 4.40. The maximum absolute atomic E-state index is 10.8. The maximum Gasteiger partial charge on any atom is 0.273 e. The van der Waals surface area contributed by atoms with E-state index in [0.29, 0.717) is 17.8 Å². The minimum atomic E-state index is -0.473. The molecule has 0 aliphatic carbocycles. The number of nitrogens with zero attached hydrogens (tertiary/aromatic N) is 1. The Bertz CT molecular complexity index is 455. The van der Waals surface area contributed by atoms with Gasteiger partial charge in [-0.3, -0.25) is 10.1 Å². The highest BCUT2D eigenvalue weighted by molar-refractivity contribution is 5.61. The van der Waals surface area contributed by atoms with Gasteiger partial charge in [-0.25, -0.2) is 0 Å². The number of hydrogen-bond acceptors (Lipinski definition) is 5. The number of nitro benzene ring substituents is 1. The van der Waals surface area contributed by atoms with Crippen molar-refractivity contribution < 1.29 is 10.0 Å². The Morgan fingerprint density at radius 1 is 1.42 bits per heavy atom. The van der Waals surface area contributed by atoms with Crippen LogP contribution < -0.4 is 11.1 Å². The zero-order chi connectivity index (χ0) is 14.6. The largest absolute Gasteiger partial charge is 0.398 e. The Hall–Kier alpha value is -1.82. The molecule has 0 aromatic heterocycles. The number of rotatable bonds is 5. The molecule has 0 aliphatic heterocycles. The number of benzene rings is 1. The molecule has 0 radical (unpaired) electrons. The normalized spacial score (nSPS) is 13.1. The Labute approximate surface area is 112 Å². The summed E-state index contributed by atoms with van der Waals surface area (Å²) >= 11 is 0.